The molecule has 1 amide bonds. The molecule has 3 N–H and O–H groups in total. The summed E-state index contributed by atoms with van der Waals surface area (Å²) in [4.78, 5) is 32.7. The van der Waals surface area contributed by atoms with Crippen LogP contribution in [0.15, 0.2) is 37.1 Å². The zero-order valence-electron chi connectivity index (χ0n) is 54.8. The summed E-state index contributed by atoms with van der Waals surface area (Å²) in [7, 11) is 0. The zero-order chi connectivity index (χ0) is 59.6. The first-order valence-corrected chi connectivity index (χ1v) is 14.0. The Morgan fingerprint density at radius 1 is 1.02 bits per heavy atom. The van der Waals surface area contributed by atoms with Crippen molar-refractivity contribution >= 4 is 62.4 Å². The summed E-state index contributed by atoms with van der Waals surface area (Å²) in [5.74, 6) is -10.1. The largest absolute Gasteiger partial charge is 0.444 e. The van der Waals surface area contributed by atoms with Gasteiger partial charge in [-0.25, -0.2) is 24.7 Å². The zero-order valence-corrected chi connectivity index (χ0v) is 26.0. The number of anilines is 2. The molecule has 2 aliphatic heterocycles. The van der Waals surface area contributed by atoms with Gasteiger partial charge < -0.3 is 34.7 Å². The molecule has 4 aromatic heterocycles. The van der Waals surface area contributed by atoms with Gasteiger partial charge in [-0.05, 0) is 68.8 Å². The predicted octanol–water partition coefficient (Wildman–Crippen LogP) is 5.48. The van der Waals surface area contributed by atoms with Gasteiger partial charge in [0.25, 0.3) is 0 Å². The summed E-state index contributed by atoms with van der Waals surface area (Å²) in [6.45, 7) is -26.8. The van der Waals surface area contributed by atoms with Crippen molar-refractivity contribution in [3.63, 3.8) is 0 Å². The van der Waals surface area contributed by atoms with Crippen molar-refractivity contribution in [3.05, 3.63) is 37.1 Å². The van der Waals surface area contributed by atoms with Gasteiger partial charge in [-0.1, -0.05) is 36.3 Å². The van der Waals surface area contributed by atoms with E-state index < -0.39 is 131 Å². The van der Waals surface area contributed by atoms with Gasteiger partial charge in [0.15, 0.2) is 0 Å². The van der Waals surface area contributed by atoms with Crippen molar-refractivity contribution in [2.75, 3.05) is 54.6 Å². The lowest BCUT2D eigenvalue weighted by molar-refractivity contribution is 0.0165. The Labute approximate surface area is 323 Å². The maximum atomic E-state index is 13.3. The number of rotatable bonds is 4. The Morgan fingerprint density at radius 2 is 1.60 bits per heavy atom. The van der Waals surface area contributed by atoms with Crippen LogP contribution < -0.4 is 15.1 Å². The minimum absolute atomic E-state index is 0.116. The summed E-state index contributed by atoms with van der Waals surface area (Å²) >= 11 is 1.96. The lowest BCUT2D eigenvalue weighted by Gasteiger charge is -2.42. The first kappa shape index (κ1) is 12.1. The maximum Gasteiger partial charge on any atom is 0.410 e. The van der Waals surface area contributed by atoms with Crippen molar-refractivity contribution in [1.82, 2.24) is 40.1 Å². The van der Waals surface area contributed by atoms with E-state index in [1.54, 1.807) is 5.32 Å². The fraction of sp³-hybridized carbons (Fsp3) is 0.594. The van der Waals surface area contributed by atoms with Crippen LogP contribution in [0.3, 0.4) is 0 Å². The molecule has 0 saturated carbocycles. The number of carbonyl (C=O) groups excluding carboxylic acids is 1. The van der Waals surface area contributed by atoms with Gasteiger partial charge in [0, 0.05) is 86.1 Å². The molecule has 12 nitrogen and oxygen atoms in total. The number of piperidine rings is 2. The van der Waals surface area contributed by atoms with Crippen LogP contribution in [0, 0.1) is 11.8 Å². The molecular weight excluding hydrogens is 683 g/mol. The quantitative estimate of drug-likeness (QED) is 0.183. The van der Waals surface area contributed by atoms with Gasteiger partial charge in [-0.15, -0.1) is 0 Å². The maximum absolute atomic E-state index is 13.3. The molecule has 0 aromatic carbocycles. The molecule has 6 rings (SSSR count). The van der Waals surface area contributed by atoms with E-state index in [2.05, 4.69) is 29.9 Å². The van der Waals surface area contributed by atoms with Gasteiger partial charge >= 0.3 is 6.09 Å². The van der Waals surface area contributed by atoms with E-state index in [-0.39, 0.29) is 31.9 Å². The fourth-order valence-electron chi connectivity index (χ4n) is 3.58. The molecule has 246 valence electrons. The molecule has 0 aliphatic carbocycles. The second-order valence-corrected chi connectivity index (χ2v) is 9.56. The topological polar surface area (TPSA) is 131 Å². The van der Waals surface area contributed by atoms with E-state index in [1.807, 2.05) is 22.6 Å². The molecular formula is C32H49IN10O2. The number of halogens is 1. The predicted molar refractivity (Wildman–Crippen MR) is 190 cm³/mol. The van der Waals surface area contributed by atoms with Gasteiger partial charge in [-0.2, -0.15) is 0 Å². The van der Waals surface area contributed by atoms with Crippen LogP contribution >= 0.6 is 22.6 Å². The fourth-order valence-corrected chi connectivity index (χ4v) is 3.58. The average Bonchev–Trinajstić information content (AvgIpc) is 3.86. The first-order valence-electron chi connectivity index (χ1n) is 28.2. The van der Waals surface area contributed by atoms with Crippen molar-refractivity contribution in [1.29, 1.82) is 0 Å². The number of H-pyrrole nitrogens is 2. The highest BCUT2D eigenvalue weighted by Gasteiger charge is 2.34. The van der Waals surface area contributed by atoms with E-state index in [0.29, 0.717) is 4.91 Å². The smallest absolute Gasteiger partial charge is 0.410 e. The minimum atomic E-state index is -4.29. The Morgan fingerprint density at radius 3 is 2.16 bits per heavy atom. The normalized spacial score (nSPS) is 46.2. The highest BCUT2D eigenvalue weighted by atomic mass is 127. The molecule has 2 aliphatic rings. The summed E-state index contributed by atoms with van der Waals surface area (Å²) in [6.07, 6.45) is -9.08. The van der Waals surface area contributed by atoms with E-state index in [0.717, 1.165) is 6.07 Å². The van der Waals surface area contributed by atoms with Crippen LogP contribution in [0.4, 0.5) is 16.4 Å². The molecule has 2 fully saturated rings. The van der Waals surface area contributed by atoms with E-state index >= 15 is 0 Å². The third-order valence-corrected chi connectivity index (χ3v) is 5.43. The molecule has 0 unspecified atom stereocenters. The number of aromatic nitrogens is 6. The van der Waals surface area contributed by atoms with E-state index in [4.69, 9.17) is 45.9 Å². The SMILES string of the molecule is [2H]CI.[2H]c1nc(N(C([2H])([2H])[2H])[C@@]2([2H])C([2H])([2H])N(C(=O)OC(C)(C)C)C([2H])([2H])C([2H])([2H])[C@@]2([2H])C([2H])([2H])[2H])c2cc[nH]c2n1.[2H]c1nc(N(C([2H])([2H])[2H])[C@@]2([2H])C([2H])([2H])NC([2H])([2H])C([2H])([2H])[C@@]2([2H])C([2H])([2H])[2H])c2cc[nH]c2n1. The van der Waals surface area contributed by atoms with E-state index in [1.165, 1.54) is 39.2 Å². The third-order valence-electron chi connectivity index (χ3n) is 5.43. The van der Waals surface area contributed by atoms with Crippen molar-refractivity contribution in [2.45, 2.75) is 64.9 Å². The number of ether oxygens (including phenoxy) is 1. The van der Waals surface area contributed by atoms with Crippen LogP contribution in [-0.2, 0) is 4.74 Å². The molecule has 0 radical (unpaired) electrons. The molecule has 13 heteroatoms. The number of amides is 1. The average molecular weight is 764 g/mol. The van der Waals surface area contributed by atoms with Gasteiger partial charge in [-0.3, -0.25) is 0 Å². The second-order valence-electron chi connectivity index (χ2n) is 9.56. The summed E-state index contributed by atoms with van der Waals surface area (Å²) in [6, 6.07) is -5.75. The van der Waals surface area contributed by atoms with Gasteiger partial charge in [0.1, 0.15) is 43.9 Å². The van der Waals surface area contributed by atoms with Crippen LogP contribution in [0.5, 0.6) is 0 Å². The molecule has 4 atom stereocenters. The Balaban J connectivity index is 0.000000317. The molecule has 4 aromatic rings. The van der Waals surface area contributed by atoms with Crippen molar-refractivity contribution in [3.8, 4) is 0 Å². The van der Waals surface area contributed by atoms with Crippen LogP contribution in [0.1, 0.15) is 89.7 Å². The first-order chi connectivity index (χ1) is 33.6. The summed E-state index contributed by atoms with van der Waals surface area (Å²) < 4.78 is 260. The number of hydrogen-bond acceptors (Lipinski definition) is 9. The molecule has 45 heavy (non-hydrogen) atoms. The number of likely N-dealkylation sites (N-methyl/N-ethyl adjacent to an activating group) is 2. The molecule has 6 heterocycles. The van der Waals surface area contributed by atoms with E-state index in [9.17, 15) is 6.17 Å². The summed E-state index contributed by atoms with van der Waals surface area (Å²) in [5, 5.41) is 1.11. The number of hydrogen-bond donors (Lipinski definition) is 3. The van der Waals surface area contributed by atoms with Crippen LogP contribution in [-0.4, -0.2) is 103 Å². The molecule has 0 bridgehead atoms. The number of fused-ring (bicyclic) bond motifs is 2. The number of likely N-dealkylation sites (tertiary alicyclic amines) is 1. The van der Waals surface area contributed by atoms with Crippen LogP contribution in [0.2, 0.25) is 0 Å². The van der Waals surface area contributed by atoms with Crippen molar-refractivity contribution in [2.24, 2.45) is 11.8 Å². The highest BCUT2D eigenvalue weighted by Crippen LogP contribution is 2.29. The second kappa shape index (κ2) is 15.4. The number of nitrogens with zero attached hydrogens (tertiary/aromatic N) is 7. The number of alkyl halides is 1. The van der Waals surface area contributed by atoms with Crippen LogP contribution in [0.25, 0.3) is 22.1 Å². The Bertz CT molecular complexity index is 2790. The van der Waals surface area contributed by atoms with Gasteiger partial charge in [0.05, 0.1) is 22.3 Å². The number of carbonyl (C=O) groups is 1. The lowest BCUT2D eigenvalue weighted by atomic mass is 9.92. The summed E-state index contributed by atoms with van der Waals surface area (Å²) in [5.41, 5.74) is -1.75. The Hall–Kier alpha value is -3.20. The Kier molecular flexibility index (Phi) is 4.14. The monoisotopic (exact) mass is 764 g/mol. The van der Waals surface area contributed by atoms with Crippen molar-refractivity contribution < 1.29 is 52.0 Å². The number of nitrogens with one attached hydrogen (secondary N) is 3. The molecule has 2 saturated heterocycles. The highest BCUT2D eigenvalue weighted by molar-refractivity contribution is 14.1. The lowest BCUT2D eigenvalue weighted by Crippen LogP contribution is -2.53. The van der Waals surface area contributed by atoms with Gasteiger partial charge in [0.2, 0.25) is 0 Å². The standard InChI is InChI=1S/C18H27N5O2.C13H19N5.CH3I/c1-12-7-9-23(17(24)25-18(2,3)4)10-14(12)22(5)16-13-6-8-19-15(13)20-11-21-16;1-9-3-5-14-7-11(9)18(2)13-10-4-6-15-12(10)16-8-17-13;1-2/h6,8,11-12,14H,7,9-10H2,1-5H3,(H,19,20,21);4,6,8-9,11,14H,3,5,7H2,1-2H3,(H,15,16,17);1H3/t12-,14+;9-,11+;/m11./s1/i1D3,5D3,7D2,9D2,10D2,11D,12D,14D;1D3,2D3,3D2,5D2,7D2,8D,9D,11D;1D. The number of aromatic amines is 2. The molecule has 0 spiro atoms. The third kappa shape index (κ3) is 8.34. The minimum Gasteiger partial charge on any atom is -0.444 e.